The van der Waals surface area contributed by atoms with Gasteiger partial charge in [0, 0.05) is 35.9 Å². The molecule has 3 aromatic heterocycles. The van der Waals surface area contributed by atoms with E-state index in [9.17, 15) is 4.79 Å². The third kappa shape index (κ3) is 4.87. The number of thiazole rings is 1. The number of fused-ring (bicyclic) bond motifs is 2. The van der Waals surface area contributed by atoms with Crippen LogP contribution in [0, 0.1) is 10.8 Å². The maximum absolute atomic E-state index is 13.5. The molecule has 1 saturated carbocycles. The van der Waals surface area contributed by atoms with Crippen LogP contribution in [0.3, 0.4) is 0 Å². The molecular weight excluding hydrogens is 536 g/mol. The molecule has 4 heterocycles. The molecule has 1 amide bonds. The molecule has 196 valence electrons. The van der Waals surface area contributed by atoms with E-state index in [1.165, 1.54) is 23.1 Å². The predicted molar refractivity (Wildman–Crippen MR) is 152 cm³/mol. The Morgan fingerprint density at radius 2 is 1.92 bits per heavy atom. The van der Waals surface area contributed by atoms with Crippen molar-refractivity contribution in [3.63, 3.8) is 0 Å². The van der Waals surface area contributed by atoms with Crippen LogP contribution in [-0.2, 0) is 5.75 Å². The summed E-state index contributed by atoms with van der Waals surface area (Å²) in [6.45, 7) is 7.79. The summed E-state index contributed by atoms with van der Waals surface area (Å²) in [7, 11) is 0. The van der Waals surface area contributed by atoms with E-state index in [1.807, 2.05) is 46.3 Å². The number of nitrogens with zero attached hydrogens (tertiary/aromatic N) is 6. The van der Waals surface area contributed by atoms with Crippen molar-refractivity contribution in [1.82, 2.24) is 29.6 Å². The molecule has 1 saturated heterocycles. The van der Waals surface area contributed by atoms with E-state index in [1.54, 1.807) is 12.4 Å². The fraction of sp³-hybridized carbons (Fsp3) is 0.393. The van der Waals surface area contributed by atoms with Gasteiger partial charge in [-0.1, -0.05) is 56.3 Å². The normalized spacial score (nSPS) is 22.1. The number of halogens is 1. The molecule has 2 bridgehead atoms. The van der Waals surface area contributed by atoms with Gasteiger partial charge in [0.2, 0.25) is 0 Å². The highest BCUT2D eigenvalue weighted by Gasteiger charge is 2.51. The molecule has 1 aromatic carbocycles. The number of carbonyl (C=O) groups excluding carboxylic acids is 1. The van der Waals surface area contributed by atoms with Gasteiger partial charge in [-0.2, -0.15) is 0 Å². The smallest absolute Gasteiger partial charge is 0.273 e. The second-order valence-corrected chi connectivity index (χ2v) is 13.7. The first kappa shape index (κ1) is 25.5. The Hall–Kier alpha value is -2.75. The quantitative estimate of drug-likeness (QED) is 0.240. The van der Waals surface area contributed by atoms with E-state index in [0.29, 0.717) is 33.5 Å². The molecule has 2 unspecified atom stereocenters. The summed E-state index contributed by atoms with van der Waals surface area (Å²) in [5.74, 6) is 1.32. The van der Waals surface area contributed by atoms with E-state index in [2.05, 4.69) is 40.9 Å². The van der Waals surface area contributed by atoms with Crippen molar-refractivity contribution in [2.45, 2.75) is 57.0 Å². The summed E-state index contributed by atoms with van der Waals surface area (Å²) in [5.41, 5.74) is 2.72. The number of aromatic nitrogens is 5. The summed E-state index contributed by atoms with van der Waals surface area (Å²) in [4.78, 5) is 24.4. The summed E-state index contributed by atoms with van der Waals surface area (Å²) in [6.07, 6.45) is 6.77. The van der Waals surface area contributed by atoms with Crippen LogP contribution < -0.4 is 0 Å². The van der Waals surface area contributed by atoms with Gasteiger partial charge in [-0.05, 0) is 54.4 Å². The largest absolute Gasteiger partial charge is 0.334 e. The van der Waals surface area contributed by atoms with Crippen LogP contribution >= 0.6 is 34.7 Å². The van der Waals surface area contributed by atoms with E-state index < -0.39 is 0 Å². The molecule has 2 fully saturated rings. The minimum Gasteiger partial charge on any atom is -0.334 e. The van der Waals surface area contributed by atoms with Gasteiger partial charge in [0.15, 0.2) is 11.0 Å². The number of likely N-dealkylation sites (tertiary alicyclic amines) is 1. The number of carbonyl (C=O) groups is 1. The summed E-state index contributed by atoms with van der Waals surface area (Å²) >= 11 is 9.63. The number of thioether (sulfide) groups is 1. The lowest BCUT2D eigenvalue weighted by Crippen LogP contribution is -2.37. The monoisotopic (exact) mass is 564 g/mol. The molecule has 7 nitrogen and oxygen atoms in total. The Balaban J connectivity index is 1.22. The van der Waals surface area contributed by atoms with Crippen molar-refractivity contribution < 1.29 is 4.79 Å². The molecule has 6 rings (SSSR count). The average molecular weight is 565 g/mol. The number of pyridine rings is 1. The van der Waals surface area contributed by atoms with Gasteiger partial charge in [0.1, 0.15) is 10.7 Å². The van der Waals surface area contributed by atoms with Crippen molar-refractivity contribution in [2.24, 2.45) is 10.8 Å². The SMILES string of the molecule is CC1(C)CC2CC(C)(CN2C(=O)c2csc(CSc3nnc(-c4ccncc4)n3-c3ccccc3Cl)n2)C1. The zero-order chi connectivity index (χ0) is 26.5. The summed E-state index contributed by atoms with van der Waals surface area (Å²) in [6, 6.07) is 11.8. The van der Waals surface area contributed by atoms with E-state index in [-0.39, 0.29) is 16.7 Å². The average Bonchev–Trinajstić information content (AvgIpc) is 3.58. The topological polar surface area (TPSA) is 76.8 Å². The second-order valence-electron chi connectivity index (χ2n) is 11.4. The fourth-order valence-electron chi connectivity index (χ4n) is 6.35. The fourth-order valence-corrected chi connectivity index (χ4v) is 8.30. The van der Waals surface area contributed by atoms with Crippen molar-refractivity contribution in [3.05, 3.63) is 69.9 Å². The first-order valence-corrected chi connectivity index (χ1v) is 14.9. The van der Waals surface area contributed by atoms with Crippen molar-refractivity contribution in [2.75, 3.05) is 6.54 Å². The molecule has 2 atom stereocenters. The predicted octanol–water partition coefficient (Wildman–Crippen LogP) is 6.77. The van der Waals surface area contributed by atoms with Crippen LogP contribution in [0.25, 0.3) is 17.1 Å². The van der Waals surface area contributed by atoms with Crippen LogP contribution in [0.2, 0.25) is 5.02 Å². The van der Waals surface area contributed by atoms with E-state index in [4.69, 9.17) is 16.6 Å². The molecule has 4 aromatic rings. The van der Waals surface area contributed by atoms with Gasteiger partial charge >= 0.3 is 0 Å². The standard InChI is InChI=1S/C28H29ClN6OS2/c1-27(2)12-19-13-28(3,16-27)17-34(19)25(36)21-14-37-23(31-21)15-38-26-33-32-24(18-8-10-30-11-9-18)35(26)22-7-5-4-6-20(22)29/h4-11,14,19H,12-13,15-17H2,1-3H3. The van der Waals surface area contributed by atoms with Gasteiger partial charge in [0.25, 0.3) is 5.91 Å². The zero-order valence-electron chi connectivity index (χ0n) is 21.6. The molecule has 2 aliphatic rings. The maximum Gasteiger partial charge on any atom is 0.273 e. The first-order chi connectivity index (χ1) is 18.2. The molecule has 38 heavy (non-hydrogen) atoms. The van der Waals surface area contributed by atoms with Gasteiger partial charge in [-0.3, -0.25) is 14.3 Å². The van der Waals surface area contributed by atoms with Crippen LogP contribution in [-0.4, -0.2) is 48.1 Å². The highest BCUT2D eigenvalue weighted by Crippen LogP contribution is 2.52. The minimum atomic E-state index is 0.0585. The third-order valence-corrected chi connectivity index (χ3v) is 9.73. The molecule has 0 N–H and O–H groups in total. The Morgan fingerprint density at radius 3 is 2.71 bits per heavy atom. The number of benzene rings is 1. The second kappa shape index (κ2) is 9.77. The Bertz CT molecular complexity index is 1490. The summed E-state index contributed by atoms with van der Waals surface area (Å²) < 4.78 is 1.97. The molecule has 0 radical (unpaired) electrons. The number of hydrogen-bond acceptors (Lipinski definition) is 7. The van der Waals surface area contributed by atoms with E-state index >= 15 is 0 Å². The Morgan fingerprint density at radius 1 is 1.13 bits per heavy atom. The molecular formula is C28H29ClN6OS2. The van der Waals surface area contributed by atoms with Crippen LogP contribution in [0.5, 0.6) is 0 Å². The van der Waals surface area contributed by atoms with Gasteiger partial charge in [0.05, 0.1) is 16.5 Å². The molecule has 0 spiro atoms. The number of amides is 1. The van der Waals surface area contributed by atoms with Crippen molar-refractivity contribution in [1.29, 1.82) is 0 Å². The minimum absolute atomic E-state index is 0.0585. The van der Waals surface area contributed by atoms with Crippen molar-refractivity contribution >= 4 is 40.6 Å². The first-order valence-electron chi connectivity index (χ1n) is 12.7. The lowest BCUT2D eigenvalue weighted by Gasteiger charge is -2.39. The highest BCUT2D eigenvalue weighted by atomic mass is 35.5. The Labute approximate surface area is 235 Å². The lowest BCUT2D eigenvalue weighted by molar-refractivity contribution is 0.0703. The third-order valence-electron chi connectivity index (χ3n) is 7.44. The summed E-state index contributed by atoms with van der Waals surface area (Å²) in [5, 5.41) is 13.1. The van der Waals surface area contributed by atoms with E-state index in [0.717, 1.165) is 42.1 Å². The highest BCUT2D eigenvalue weighted by molar-refractivity contribution is 7.98. The number of hydrogen-bond donors (Lipinski definition) is 0. The van der Waals surface area contributed by atoms with Crippen molar-refractivity contribution in [3.8, 4) is 17.1 Å². The van der Waals surface area contributed by atoms with Crippen LogP contribution in [0.15, 0.2) is 59.3 Å². The molecule has 10 heteroatoms. The lowest BCUT2D eigenvalue weighted by atomic mass is 9.65. The Kier molecular flexibility index (Phi) is 6.56. The molecule has 1 aliphatic heterocycles. The number of para-hydroxylation sites is 1. The van der Waals surface area contributed by atoms with Crippen LogP contribution in [0.4, 0.5) is 0 Å². The van der Waals surface area contributed by atoms with Gasteiger partial charge in [-0.25, -0.2) is 4.98 Å². The number of rotatable bonds is 6. The van der Waals surface area contributed by atoms with Crippen LogP contribution in [0.1, 0.15) is 55.5 Å². The van der Waals surface area contributed by atoms with Gasteiger partial charge < -0.3 is 4.90 Å². The van der Waals surface area contributed by atoms with Gasteiger partial charge in [-0.15, -0.1) is 21.5 Å². The maximum atomic E-state index is 13.5. The zero-order valence-corrected chi connectivity index (χ0v) is 24.0. The molecule has 1 aliphatic carbocycles.